The van der Waals surface area contributed by atoms with Crippen molar-refractivity contribution in [2.24, 2.45) is 0 Å². The summed E-state index contributed by atoms with van der Waals surface area (Å²) in [5, 5.41) is 11.3. The molecule has 10 nitrogen and oxygen atoms in total. The first-order valence-corrected chi connectivity index (χ1v) is 10.3. The average Bonchev–Trinajstić information content (AvgIpc) is 2.77. The molecule has 2 heterocycles. The van der Waals surface area contributed by atoms with Crippen molar-refractivity contribution in [1.82, 2.24) is 9.88 Å². The van der Waals surface area contributed by atoms with E-state index in [-0.39, 0.29) is 18.4 Å². The SMILES string of the molecule is COc1ccc(COc2ncc([N+](=O)[O-])cc2N2CCN(C(=O)OC(C)(C)C)CC2)cc1. The molecule has 3 rings (SSSR count). The van der Waals surface area contributed by atoms with E-state index in [0.29, 0.717) is 37.7 Å². The molecule has 0 N–H and O–H groups in total. The molecule has 0 saturated carbocycles. The zero-order valence-electron chi connectivity index (χ0n) is 18.7. The second-order valence-electron chi connectivity index (χ2n) is 8.37. The molecule has 0 spiro atoms. The molecule has 2 aromatic rings. The third-order valence-electron chi connectivity index (χ3n) is 4.84. The van der Waals surface area contributed by atoms with Crippen LogP contribution in [0.4, 0.5) is 16.2 Å². The zero-order valence-corrected chi connectivity index (χ0v) is 18.7. The minimum absolute atomic E-state index is 0.119. The number of nitrogens with zero attached hydrogens (tertiary/aromatic N) is 4. The number of amides is 1. The van der Waals surface area contributed by atoms with E-state index in [0.717, 1.165) is 11.3 Å². The first-order valence-electron chi connectivity index (χ1n) is 10.3. The molecule has 0 aliphatic carbocycles. The summed E-state index contributed by atoms with van der Waals surface area (Å²) in [6.45, 7) is 7.51. The molecule has 10 heteroatoms. The average molecular weight is 444 g/mol. The summed E-state index contributed by atoms with van der Waals surface area (Å²) < 4.78 is 16.5. The standard InChI is InChI=1S/C22H28N4O6/c1-22(2,3)32-21(27)25-11-9-24(10-12-25)19-13-17(26(28)29)14-23-20(19)31-15-16-5-7-18(30-4)8-6-16/h5-8,13-14H,9-12,15H2,1-4H3. The number of rotatable bonds is 6. The number of anilines is 1. The van der Waals surface area contributed by atoms with E-state index >= 15 is 0 Å². The van der Waals surface area contributed by atoms with E-state index in [4.69, 9.17) is 14.2 Å². The molecule has 0 unspecified atom stereocenters. The molecule has 0 bridgehead atoms. The second-order valence-corrected chi connectivity index (χ2v) is 8.37. The maximum absolute atomic E-state index is 12.3. The van der Waals surface area contributed by atoms with Crippen LogP contribution in [0.3, 0.4) is 0 Å². The lowest BCUT2D eigenvalue weighted by Crippen LogP contribution is -2.50. The lowest BCUT2D eigenvalue weighted by atomic mass is 10.2. The van der Waals surface area contributed by atoms with Gasteiger partial charge in [0.05, 0.1) is 12.0 Å². The van der Waals surface area contributed by atoms with Crippen LogP contribution < -0.4 is 14.4 Å². The van der Waals surface area contributed by atoms with E-state index in [2.05, 4.69) is 4.98 Å². The second kappa shape index (κ2) is 9.71. The van der Waals surface area contributed by atoms with Crippen molar-refractivity contribution in [2.75, 3.05) is 38.2 Å². The fourth-order valence-corrected chi connectivity index (χ4v) is 3.20. The van der Waals surface area contributed by atoms with E-state index in [1.165, 1.54) is 12.3 Å². The van der Waals surface area contributed by atoms with Crippen molar-refractivity contribution in [3.8, 4) is 11.6 Å². The van der Waals surface area contributed by atoms with Crippen LogP contribution in [-0.4, -0.2) is 59.8 Å². The molecule has 0 radical (unpaired) electrons. The Balaban J connectivity index is 1.72. The van der Waals surface area contributed by atoms with Crippen molar-refractivity contribution >= 4 is 17.5 Å². The Labute approximate surface area is 186 Å². The van der Waals surface area contributed by atoms with E-state index in [9.17, 15) is 14.9 Å². The van der Waals surface area contributed by atoms with Gasteiger partial charge in [0.15, 0.2) is 0 Å². The summed E-state index contributed by atoms with van der Waals surface area (Å²) in [5.41, 5.74) is 0.746. The van der Waals surface area contributed by atoms with Gasteiger partial charge in [-0.3, -0.25) is 10.1 Å². The van der Waals surface area contributed by atoms with Gasteiger partial charge in [0.1, 0.15) is 29.8 Å². The maximum atomic E-state index is 12.3. The third-order valence-corrected chi connectivity index (χ3v) is 4.84. The van der Waals surface area contributed by atoms with Crippen LogP contribution in [0.5, 0.6) is 11.6 Å². The highest BCUT2D eigenvalue weighted by molar-refractivity contribution is 5.69. The molecule has 1 aliphatic rings. The van der Waals surface area contributed by atoms with Crippen molar-refractivity contribution in [3.63, 3.8) is 0 Å². The number of aromatic nitrogens is 1. The highest BCUT2D eigenvalue weighted by atomic mass is 16.6. The van der Waals surface area contributed by atoms with E-state index in [1.807, 2.05) is 49.9 Å². The summed E-state index contributed by atoms with van der Waals surface area (Å²) in [4.78, 5) is 30.9. The van der Waals surface area contributed by atoms with Crippen molar-refractivity contribution < 1.29 is 23.9 Å². The number of nitro groups is 1. The molecule has 1 saturated heterocycles. The van der Waals surface area contributed by atoms with Crippen LogP contribution in [0, 0.1) is 10.1 Å². The van der Waals surface area contributed by atoms with Gasteiger partial charge >= 0.3 is 6.09 Å². The maximum Gasteiger partial charge on any atom is 0.410 e. The van der Waals surface area contributed by atoms with Crippen molar-refractivity contribution in [3.05, 3.63) is 52.2 Å². The number of hydrogen-bond acceptors (Lipinski definition) is 8. The quantitative estimate of drug-likeness (QED) is 0.491. The largest absolute Gasteiger partial charge is 0.497 e. The van der Waals surface area contributed by atoms with Gasteiger partial charge in [0, 0.05) is 32.2 Å². The number of pyridine rings is 1. The van der Waals surface area contributed by atoms with Gasteiger partial charge in [-0.15, -0.1) is 0 Å². The Morgan fingerprint density at radius 3 is 2.38 bits per heavy atom. The molecule has 1 amide bonds. The lowest BCUT2D eigenvalue weighted by molar-refractivity contribution is -0.385. The van der Waals surface area contributed by atoms with Gasteiger partial charge in [-0.05, 0) is 38.5 Å². The van der Waals surface area contributed by atoms with Crippen LogP contribution in [0.15, 0.2) is 36.5 Å². The highest BCUT2D eigenvalue weighted by Crippen LogP contribution is 2.31. The Morgan fingerprint density at radius 1 is 1.16 bits per heavy atom. The monoisotopic (exact) mass is 444 g/mol. The number of hydrogen-bond donors (Lipinski definition) is 0. The molecule has 1 aromatic carbocycles. The topological polar surface area (TPSA) is 107 Å². The Bertz CT molecular complexity index is 950. The van der Waals surface area contributed by atoms with Gasteiger partial charge in [-0.1, -0.05) is 12.1 Å². The number of carbonyl (C=O) groups excluding carboxylic acids is 1. The summed E-state index contributed by atoms with van der Waals surface area (Å²) >= 11 is 0. The molecule has 172 valence electrons. The summed E-state index contributed by atoms with van der Waals surface area (Å²) in [6.07, 6.45) is 0.814. The fourth-order valence-electron chi connectivity index (χ4n) is 3.20. The molecule has 1 fully saturated rings. The summed E-state index contributed by atoms with van der Waals surface area (Å²) in [5.74, 6) is 1.04. The predicted molar refractivity (Wildman–Crippen MR) is 118 cm³/mol. The Kier molecular flexibility index (Phi) is 7.01. The Hall–Kier alpha value is -3.56. The van der Waals surface area contributed by atoms with Gasteiger partial charge in [-0.25, -0.2) is 9.78 Å². The molecule has 0 atom stereocenters. The van der Waals surface area contributed by atoms with Crippen molar-refractivity contribution in [2.45, 2.75) is 33.0 Å². The number of carbonyl (C=O) groups is 1. The minimum atomic E-state index is -0.569. The molecular weight excluding hydrogens is 416 g/mol. The van der Waals surface area contributed by atoms with Crippen LogP contribution in [0.1, 0.15) is 26.3 Å². The summed E-state index contributed by atoms with van der Waals surface area (Å²) in [6, 6.07) is 8.88. The molecular formula is C22H28N4O6. The normalized spacial score (nSPS) is 14.1. The smallest absolute Gasteiger partial charge is 0.410 e. The summed E-state index contributed by atoms with van der Waals surface area (Å²) in [7, 11) is 1.60. The van der Waals surface area contributed by atoms with Gasteiger partial charge in [0.25, 0.3) is 5.69 Å². The van der Waals surface area contributed by atoms with Crippen LogP contribution in [0.25, 0.3) is 0 Å². The van der Waals surface area contributed by atoms with Crippen molar-refractivity contribution in [1.29, 1.82) is 0 Å². The van der Waals surface area contributed by atoms with Crippen LogP contribution >= 0.6 is 0 Å². The van der Waals surface area contributed by atoms with Crippen LogP contribution in [-0.2, 0) is 11.3 Å². The number of methoxy groups -OCH3 is 1. The fraction of sp³-hybridized carbons (Fsp3) is 0.455. The molecule has 1 aromatic heterocycles. The third kappa shape index (κ3) is 5.99. The van der Waals surface area contributed by atoms with E-state index < -0.39 is 10.5 Å². The van der Waals surface area contributed by atoms with Gasteiger partial charge < -0.3 is 24.0 Å². The zero-order chi connectivity index (χ0) is 23.3. The Morgan fingerprint density at radius 2 is 1.81 bits per heavy atom. The van der Waals surface area contributed by atoms with Gasteiger partial charge in [0.2, 0.25) is 5.88 Å². The predicted octanol–water partition coefficient (Wildman–Crippen LogP) is 3.63. The van der Waals surface area contributed by atoms with E-state index in [1.54, 1.807) is 12.0 Å². The molecule has 1 aliphatic heterocycles. The first kappa shape index (κ1) is 23.1. The van der Waals surface area contributed by atoms with Gasteiger partial charge in [-0.2, -0.15) is 0 Å². The van der Waals surface area contributed by atoms with Crippen LogP contribution in [0.2, 0.25) is 0 Å². The number of piperazine rings is 1. The first-order chi connectivity index (χ1) is 15.2. The number of benzene rings is 1. The highest BCUT2D eigenvalue weighted by Gasteiger charge is 2.28. The minimum Gasteiger partial charge on any atom is -0.497 e. The molecule has 32 heavy (non-hydrogen) atoms. The number of ether oxygens (including phenoxy) is 3. The lowest BCUT2D eigenvalue weighted by Gasteiger charge is -2.36.